The van der Waals surface area contributed by atoms with Gasteiger partial charge in [-0.1, -0.05) is 31.5 Å². The van der Waals surface area contributed by atoms with E-state index in [2.05, 4.69) is 39.0 Å². The van der Waals surface area contributed by atoms with Crippen LogP contribution in [0.25, 0.3) is 0 Å². The maximum absolute atomic E-state index is 6.08. The van der Waals surface area contributed by atoms with E-state index in [1.54, 1.807) is 0 Å². The Kier molecular flexibility index (Phi) is 3.49. The summed E-state index contributed by atoms with van der Waals surface area (Å²) in [5, 5.41) is 0. The standard InChI is InChI=1S/C12H19N/c1-4-6-12(13)11-8-5-7-9(2)10(11)3/h5,7-8,12H,4,6,13H2,1-3H3/t12-/m1/s1. The van der Waals surface area contributed by atoms with Gasteiger partial charge in [-0.05, 0) is 37.0 Å². The first-order valence-corrected chi connectivity index (χ1v) is 4.98. The van der Waals surface area contributed by atoms with E-state index >= 15 is 0 Å². The molecule has 1 aromatic carbocycles. The molecular weight excluding hydrogens is 158 g/mol. The number of rotatable bonds is 3. The van der Waals surface area contributed by atoms with E-state index in [4.69, 9.17) is 5.73 Å². The van der Waals surface area contributed by atoms with E-state index in [1.807, 2.05) is 0 Å². The molecule has 1 nitrogen and oxygen atoms in total. The Balaban J connectivity index is 2.93. The molecule has 0 amide bonds. The lowest BCUT2D eigenvalue weighted by Crippen LogP contribution is -2.11. The molecular formula is C12H19N. The highest BCUT2D eigenvalue weighted by molar-refractivity contribution is 5.35. The number of aryl methyl sites for hydroxylation is 1. The third kappa shape index (κ3) is 2.31. The van der Waals surface area contributed by atoms with E-state index in [1.165, 1.54) is 16.7 Å². The number of hydrogen-bond donors (Lipinski definition) is 1. The smallest absolute Gasteiger partial charge is 0.0297 e. The third-order valence-corrected chi connectivity index (χ3v) is 2.65. The first-order valence-electron chi connectivity index (χ1n) is 4.98. The van der Waals surface area contributed by atoms with Crippen LogP contribution in [0.1, 0.15) is 42.5 Å². The van der Waals surface area contributed by atoms with Crippen molar-refractivity contribution in [2.45, 2.75) is 39.7 Å². The highest BCUT2D eigenvalue weighted by Crippen LogP contribution is 2.21. The predicted molar refractivity (Wildman–Crippen MR) is 57.8 cm³/mol. The Labute approximate surface area is 81.0 Å². The van der Waals surface area contributed by atoms with Gasteiger partial charge in [-0.2, -0.15) is 0 Å². The minimum absolute atomic E-state index is 0.213. The Bertz CT molecular complexity index is 278. The summed E-state index contributed by atoms with van der Waals surface area (Å²) in [6.07, 6.45) is 2.22. The molecule has 0 bridgehead atoms. The molecule has 0 unspecified atom stereocenters. The molecule has 0 heterocycles. The Morgan fingerprint density at radius 3 is 2.62 bits per heavy atom. The predicted octanol–water partition coefficient (Wildman–Crippen LogP) is 3.10. The van der Waals surface area contributed by atoms with Crippen LogP contribution in [0.3, 0.4) is 0 Å². The second-order valence-electron chi connectivity index (χ2n) is 3.68. The van der Waals surface area contributed by atoms with Crippen LogP contribution >= 0.6 is 0 Å². The average molecular weight is 177 g/mol. The SMILES string of the molecule is CCC[C@@H](N)c1cccc(C)c1C. The van der Waals surface area contributed by atoms with Crippen molar-refractivity contribution < 1.29 is 0 Å². The van der Waals surface area contributed by atoms with Crippen LogP contribution in [-0.4, -0.2) is 0 Å². The normalized spacial score (nSPS) is 12.9. The zero-order chi connectivity index (χ0) is 9.84. The summed E-state index contributed by atoms with van der Waals surface area (Å²) in [6.45, 7) is 6.46. The molecule has 0 saturated carbocycles. The van der Waals surface area contributed by atoms with Crippen LogP contribution in [0, 0.1) is 13.8 Å². The monoisotopic (exact) mass is 177 g/mol. The summed E-state index contributed by atoms with van der Waals surface area (Å²) < 4.78 is 0. The lowest BCUT2D eigenvalue weighted by atomic mass is 9.95. The van der Waals surface area contributed by atoms with Gasteiger partial charge in [-0.15, -0.1) is 0 Å². The van der Waals surface area contributed by atoms with Gasteiger partial charge in [-0.3, -0.25) is 0 Å². The maximum atomic E-state index is 6.08. The van der Waals surface area contributed by atoms with Gasteiger partial charge in [0.15, 0.2) is 0 Å². The molecule has 1 atom stereocenters. The van der Waals surface area contributed by atoms with Crippen molar-refractivity contribution >= 4 is 0 Å². The van der Waals surface area contributed by atoms with Crippen LogP contribution in [0.15, 0.2) is 18.2 Å². The zero-order valence-corrected chi connectivity index (χ0v) is 8.80. The molecule has 1 rings (SSSR count). The topological polar surface area (TPSA) is 26.0 Å². The molecule has 0 aliphatic carbocycles. The summed E-state index contributed by atoms with van der Waals surface area (Å²) in [4.78, 5) is 0. The molecule has 13 heavy (non-hydrogen) atoms. The fourth-order valence-corrected chi connectivity index (χ4v) is 1.64. The largest absolute Gasteiger partial charge is 0.324 e. The van der Waals surface area contributed by atoms with Crippen molar-refractivity contribution in [2.24, 2.45) is 5.73 Å². The summed E-state index contributed by atoms with van der Waals surface area (Å²) in [6, 6.07) is 6.58. The van der Waals surface area contributed by atoms with Gasteiger partial charge in [0.25, 0.3) is 0 Å². The first kappa shape index (κ1) is 10.3. The number of benzene rings is 1. The van der Waals surface area contributed by atoms with Crippen molar-refractivity contribution in [1.82, 2.24) is 0 Å². The molecule has 0 aliphatic heterocycles. The van der Waals surface area contributed by atoms with E-state index in [9.17, 15) is 0 Å². The molecule has 0 aliphatic rings. The van der Waals surface area contributed by atoms with Crippen molar-refractivity contribution in [3.05, 3.63) is 34.9 Å². The van der Waals surface area contributed by atoms with Gasteiger partial charge < -0.3 is 5.73 Å². The van der Waals surface area contributed by atoms with E-state index in [0.717, 1.165) is 12.8 Å². The van der Waals surface area contributed by atoms with Gasteiger partial charge in [0.2, 0.25) is 0 Å². The number of nitrogens with two attached hydrogens (primary N) is 1. The fourth-order valence-electron chi connectivity index (χ4n) is 1.64. The highest BCUT2D eigenvalue weighted by atomic mass is 14.6. The Morgan fingerprint density at radius 1 is 1.31 bits per heavy atom. The molecule has 0 aromatic heterocycles. The lowest BCUT2D eigenvalue weighted by molar-refractivity contribution is 0.634. The second-order valence-corrected chi connectivity index (χ2v) is 3.68. The van der Waals surface area contributed by atoms with Crippen LogP contribution in [-0.2, 0) is 0 Å². The van der Waals surface area contributed by atoms with Crippen molar-refractivity contribution in [3.63, 3.8) is 0 Å². The summed E-state index contributed by atoms with van der Waals surface area (Å²) in [7, 11) is 0. The molecule has 0 spiro atoms. The van der Waals surface area contributed by atoms with E-state index in [-0.39, 0.29) is 6.04 Å². The quantitative estimate of drug-likeness (QED) is 0.754. The van der Waals surface area contributed by atoms with Crippen molar-refractivity contribution in [1.29, 1.82) is 0 Å². The van der Waals surface area contributed by atoms with Gasteiger partial charge in [-0.25, -0.2) is 0 Å². The van der Waals surface area contributed by atoms with Gasteiger partial charge in [0.1, 0.15) is 0 Å². The first-order chi connectivity index (χ1) is 6.16. The van der Waals surface area contributed by atoms with Gasteiger partial charge >= 0.3 is 0 Å². The molecule has 72 valence electrons. The molecule has 0 saturated heterocycles. The number of hydrogen-bond acceptors (Lipinski definition) is 1. The summed E-state index contributed by atoms with van der Waals surface area (Å²) in [5.41, 5.74) is 10.1. The fraction of sp³-hybridized carbons (Fsp3) is 0.500. The Hall–Kier alpha value is -0.820. The zero-order valence-electron chi connectivity index (χ0n) is 8.80. The van der Waals surface area contributed by atoms with E-state index < -0.39 is 0 Å². The second kappa shape index (κ2) is 4.43. The van der Waals surface area contributed by atoms with Crippen molar-refractivity contribution in [3.8, 4) is 0 Å². The third-order valence-electron chi connectivity index (χ3n) is 2.65. The minimum atomic E-state index is 0.213. The van der Waals surface area contributed by atoms with Crippen LogP contribution in [0.2, 0.25) is 0 Å². The molecule has 2 N–H and O–H groups in total. The van der Waals surface area contributed by atoms with Crippen LogP contribution in [0.4, 0.5) is 0 Å². The summed E-state index contributed by atoms with van der Waals surface area (Å²) >= 11 is 0. The molecule has 0 fully saturated rings. The van der Waals surface area contributed by atoms with Crippen molar-refractivity contribution in [2.75, 3.05) is 0 Å². The highest BCUT2D eigenvalue weighted by Gasteiger charge is 2.08. The Morgan fingerprint density at radius 2 is 2.00 bits per heavy atom. The van der Waals surface area contributed by atoms with Crippen LogP contribution < -0.4 is 5.73 Å². The average Bonchev–Trinajstić information content (AvgIpc) is 2.10. The molecule has 1 heteroatoms. The molecule has 0 radical (unpaired) electrons. The lowest BCUT2D eigenvalue weighted by Gasteiger charge is -2.15. The van der Waals surface area contributed by atoms with Crippen LogP contribution in [0.5, 0.6) is 0 Å². The maximum Gasteiger partial charge on any atom is 0.0297 e. The van der Waals surface area contributed by atoms with E-state index in [0.29, 0.717) is 0 Å². The molecule has 1 aromatic rings. The minimum Gasteiger partial charge on any atom is -0.324 e. The summed E-state index contributed by atoms with van der Waals surface area (Å²) in [5.74, 6) is 0. The van der Waals surface area contributed by atoms with Gasteiger partial charge in [0, 0.05) is 6.04 Å². The van der Waals surface area contributed by atoms with Gasteiger partial charge in [0.05, 0.1) is 0 Å².